The number of unbranched alkanes of at least 4 members (excludes halogenated alkanes) is 1. The molecule has 8 heteroatoms. The van der Waals surface area contributed by atoms with E-state index < -0.39 is 0 Å². The number of hydrogen-bond acceptors (Lipinski definition) is 5. The molecule has 0 bridgehead atoms. The van der Waals surface area contributed by atoms with Crippen LogP contribution in [0.1, 0.15) is 45.9 Å². The summed E-state index contributed by atoms with van der Waals surface area (Å²) in [4.78, 5) is 35.5. The van der Waals surface area contributed by atoms with Crippen LogP contribution in [0, 0.1) is 5.82 Å². The molecule has 0 radical (unpaired) electrons. The van der Waals surface area contributed by atoms with Crippen molar-refractivity contribution in [3.63, 3.8) is 0 Å². The number of nitrogens with one attached hydrogen (secondary N) is 1. The number of nitrogens with zero attached hydrogens (tertiary/aromatic N) is 2. The van der Waals surface area contributed by atoms with Crippen LogP contribution in [0.4, 0.5) is 4.39 Å². The van der Waals surface area contributed by atoms with Crippen molar-refractivity contribution >= 4 is 39.2 Å². The summed E-state index contributed by atoms with van der Waals surface area (Å²) < 4.78 is 13.2. The van der Waals surface area contributed by atoms with E-state index in [4.69, 9.17) is 0 Å². The lowest BCUT2D eigenvalue weighted by atomic mass is 10.1. The van der Waals surface area contributed by atoms with Crippen molar-refractivity contribution in [1.82, 2.24) is 14.9 Å². The van der Waals surface area contributed by atoms with Gasteiger partial charge in [-0.05, 0) is 37.5 Å². The molecule has 2 heterocycles. The summed E-state index contributed by atoms with van der Waals surface area (Å²) in [7, 11) is 0. The van der Waals surface area contributed by atoms with Gasteiger partial charge in [0.1, 0.15) is 16.5 Å². The Morgan fingerprint density at radius 3 is 2.71 bits per heavy atom. The summed E-state index contributed by atoms with van der Waals surface area (Å²) >= 11 is 2.86. The fourth-order valence-corrected chi connectivity index (χ4v) is 5.10. The maximum absolute atomic E-state index is 13.2. The Bertz CT molecular complexity index is 1080. The average molecular weight is 462 g/mol. The first kappa shape index (κ1) is 23.5. The highest BCUT2D eigenvalue weighted by Gasteiger charge is 2.19. The van der Waals surface area contributed by atoms with Gasteiger partial charge in [-0.25, -0.2) is 9.37 Å². The smallest absolute Gasteiger partial charge is 0.260 e. The number of H-pyrrole nitrogens is 1. The normalized spacial score (nSPS) is 12.3. The van der Waals surface area contributed by atoms with Crippen molar-refractivity contribution < 1.29 is 9.18 Å². The highest BCUT2D eigenvalue weighted by atomic mass is 32.2. The molecule has 0 spiro atoms. The van der Waals surface area contributed by atoms with Crippen LogP contribution in [0.2, 0.25) is 0 Å². The SMILES string of the molecule is CCCCN(C(=O)CSCc1nc2scc(-c3ccc(F)cc3)c2c(=O)[nH]1)[C@H](C)CC. The monoisotopic (exact) mass is 461 g/mol. The van der Waals surface area contributed by atoms with E-state index >= 15 is 0 Å². The summed E-state index contributed by atoms with van der Waals surface area (Å²) in [6, 6.07) is 6.31. The first-order valence-corrected chi connectivity index (χ1v) is 12.6. The number of thioether (sulfide) groups is 1. The van der Waals surface area contributed by atoms with Crippen LogP contribution >= 0.6 is 23.1 Å². The van der Waals surface area contributed by atoms with E-state index in [1.165, 1.54) is 35.2 Å². The molecule has 0 aliphatic carbocycles. The molecule has 2 aromatic heterocycles. The van der Waals surface area contributed by atoms with Crippen LogP contribution in [0.25, 0.3) is 21.3 Å². The number of fused-ring (bicyclic) bond motifs is 1. The fraction of sp³-hybridized carbons (Fsp3) is 0.435. The number of carbonyl (C=O) groups is 1. The number of thiophene rings is 1. The van der Waals surface area contributed by atoms with Gasteiger partial charge in [0.25, 0.3) is 5.56 Å². The number of halogens is 1. The van der Waals surface area contributed by atoms with Crippen molar-refractivity contribution in [2.24, 2.45) is 0 Å². The molecule has 3 rings (SSSR count). The number of aromatic amines is 1. The van der Waals surface area contributed by atoms with Crippen molar-refractivity contribution in [3.8, 4) is 11.1 Å². The Kier molecular flexibility index (Phi) is 8.26. The second-order valence-electron chi connectivity index (χ2n) is 7.54. The first-order valence-electron chi connectivity index (χ1n) is 10.6. The van der Waals surface area contributed by atoms with E-state index in [1.54, 1.807) is 12.1 Å². The molecular formula is C23H28FN3O2S2. The average Bonchev–Trinajstić information content (AvgIpc) is 3.19. The lowest BCUT2D eigenvalue weighted by Crippen LogP contribution is -2.40. The van der Waals surface area contributed by atoms with Crippen LogP contribution in [0.5, 0.6) is 0 Å². The summed E-state index contributed by atoms with van der Waals surface area (Å²) in [6.45, 7) is 7.08. The van der Waals surface area contributed by atoms with Gasteiger partial charge in [-0.15, -0.1) is 23.1 Å². The summed E-state index contributed by atoms with van der Waals surface area (Å²) in [6.07, 6.45) is 2.99. The fourth-order valence-electron chi connectivity index (χ4n) is 3.36. The summed E-state index contributed by atoms with van der Waals surface area (Å²) in [5, 5.41) is 2.39. The zero-order chi connectivity index (χ0) is 22.4. The maximum atomic E-state index is 13.2. The van der Waals surface area contributed by atoms with E-state index in [-0.39, 0.29) is 23.3 Å². The molecular weight excluding hydrogens is 433 g/mol. The van der Waals surface area contributed by atoms with Gasteiger partial charge in [0.2, 0.25) is 5.91 Å². The third-order valence-electron chi connectivity index (χ3n) is 5.31. The van der Waals surface area contributed by atoms with Crippen LogP contribution in [-0.4, -0.2) is 39.1 Å². The van der Waals surface area contributed by atoms with Crippen LogP contribution in [-0.2, 0) is 10.5 Å². The second-order valence-corrected chi connectivity index (χ2v) is 9.38. The highest BCUT2D eigenvalue weighted by Crippen LogP contribution is 2.31. The molecule has 166 valence electrons. The number of rotatable bonds is 10. The first-order chi connectivity index (χ1) is 14.9. The molecule has 1 N–H and O–H groups in total. The van der Waals surface area contributed by atoms with Crippen molar-refractivity contribution in [1.29, 1.82) is 0 Å². The predicted octanol–water partition coefficient (Wildman–Crippen LogP) is 5.45. The highest BCUT2D eigenvalue weighted by molar-refractivity contribution is 7.99. The Morgan fingerprint density at radius 2 is 2.03 bits per heavy atom. The largest absolute Gasteiger partial charge is 0.339 e. The number of amides is 1. The van der Waals surface area contributed by atoms with Crippen molar-refractivity contribution in [2.45, 2.75) is 51.8 Å². The minimum atomic E-state index is -0.314. The molecule has 31 heavy (non-hydrogen) atoms. The molecule has 0 unspecified atom stereocenters. The lowest BCUT2D eigenvalue weighted by Gasteiger charge is -2.28. The molecule has 1 aromatic carbocycles. The Morgan fingerprint density at radius 1 is 1.29 bits per heavy atom. The van der Waals surface area contributed by atoms with E-state index in [9.17, 15) is 14.0 Å². The predicted molar refractivity (Wildman–Crippen MR) is 128 cm³/mol. The Balaban J connectivity index is 1.69. The third-order valence-corrected chi connectivity index (χ3v) is 7.11. The minimum absolute atomic E-state index is 0.131. The lowest BCUT2D eigenvalue weighted by molar-refractivity contribution is -0.130. The molecule has 3 aromatic rings. The van der Waals surface area contributed by atoms with Crippen LogP contribution in [0.3, 0.4) is 0 Å². The molecule has 0 aliphatic heterocycles. The van der Waals surface area contributed by atoms with E-state index in [0.717, 1.165) is 36.9 Å². The number of benzene rings is 1. The maximum Gasteiger partial charge on any atom is 0.260 e. The molecule has 0 saturated heterocycles. The third kappa shape index (κ3) is 5.74. The zero-order valence-corrected chi connectivity index (χ0v) is 19.7. The van der Waals surface area contributed by atoms with Gasteiger partial charge in [0.15, 0.2) is 0 Å². The molecule has 0 fully saturated rings. The van der Waals surface area contributed by atoms with Gasteiger partial charge in [0, 0.05) is 23.5 Å². The summed E-state index contributed by atoms with van der Waals surface area (Å²) in [5.74, 6) is 1.20. The van der Waals surface area contributed by atoms with Gasteiger partial charge < -0.3 is 9.88 Å². The molecule has 1 atom stereocenters. The van der Waals surface area contributed by atoms with Gasteiger partial charge in [-0.3, -0.25) is 9.59 Å². The Hall–Kier alpha value is -2.19. The molecule has 1 amide bonds. The van der Waals surface area contributed by atoms with Gasteiger partial charge in [-0.2, -0.15) is 0 Å². The number of hydrogen-bond donors (Lipinski definition) is 1. The van der Waals surface area contributed by atoms with Crippen LogP contribution in [0.15, 0.2) is 34.4 Å². The topological polar surface area (TPSA) is 66.1 Å². The van der Waals surface area contributed by atoms with Crippen molar-refractivity contribution in [2.75, 3.05) is 12.3 Å². The standard InChI is InChI=1S/C23H28FN3O2S2/c1-4-6-11-27(15(3)5-2)20(28)14-30-13-19-25-22(29)21-18(12-31-23(21)26-19)16-7-9-17(24)10-8-16/h7-10,12,15H,4-6,11,13-14H2,1-3H3,(H,25,26,29)/t15-/m1/s1. The van der Waals surface area contributed by atoms with Gasteiger partial charge >= 0.3 is 0 Å². The molecule has 0 aliphatic rings. The Labute approximate surface area is 190 Å². The zero-order valence-electron chi connectivity index (χ0n) is 18.1. The second kappa shape index (κ2) is 10.9. The summed E-state index contributed by atoms with van der Waals surface area (Å²) in [5.41, 5.74) is 1.32. The molecule has 5 nitrogen and oxygen atoms in total. The number of carbonyl (C=O) groups excluding carboxylic acids is 1. The van der Waals surface area contributed by atoms with E-state index in [2.05, 4.69) is 30.7 Å². The van der Waals surface area contributed by atoms with E-state index in [0.29, 0.717) is 27.5 Å². The van der Waals surface area contributed by atoms with E-state index in [1.807, 2.05) is 10.3 Å². The van der Waals surface area contributed by atoms with Gasteiger partial charge in [-0.1, -0.05) is 32.4 Å². The number of aromatic nitrogens is 2. The molecule has 0 saturated carbocycles. The van der Waals surface area contributed by atoms with Gasteiger partial charge in [0.05, 0.1) is 16.9 Å². The van der Waals surface area contributed by atoms with Crippen molar-refractivity contribution in [3.05, 3.63) is 51.6 Å². The minimum Gasteiger partial charge on any atom is -0.339 e. The van der Waals surface area contributed by atoms with Crippen LogP contribution < -0.4 is 5.56 Å². The quantitative estimate of drug-likeness (QED) is 0.436.